The lowest BCUT2D eigenvalue weighted by Crippen LogP contribution is -2.40. The van der Waals surface area contributed by atoms with E-state index in [9.17, 15) is 22.4 Å². The number of aromatic nitrogens is 1. The summed E-state index contributed by atoms with van der Waals surface area (Å²) in [6.07, 6.45) is 1.70. The Labute approximate surface area is 186 Å². The minimum absolute atomic E-state index is 0.165. The van der Waals surface area contributed by atoms with Gasteiger partial charge in [-0.1, -0.05) is 6.08 Å². The third-order valence-corrected chi connectivity index (χ3v) is 7.18. The molecule has 1 aromatic carbocycles. The highest BCUT2D eigenvalue weighted by molar-refractivity contribution is 7.89. The van der Waals surface area contributed by atoms with E-state index in [1.807, 2.05) is 11.5 Å². The molecule has 0 aliphatic carbocycles. The van der Waals surface area contributed by atoms with Gasteiger partial charge in [0.15, 0.2) is 6.61 Å². The average molecular weight is 465 g/mol. The molecule has 0 saturated carbocycles. The number of aryl methyl sites for hydroxylation is 1. The Bertz CT molecular complexity index is 1150. The summed E-state index contributed by atoms with van der Waals surface area (Å²) in [4.78, 5) is 24.8. The number of Topliss-reactive ketones (excluding diaryl/α,β-unsaturated/α-hetero) is 1. The Balaban J connectivity index is 1.75. The molecule has 1 saturated heterocycles. The maximum atomic E-state index is 14.3. The van der Waals surface area contributed by atoms with Gasteiger partial charge in [0.1, 0.15) is 5.82 Å². The molecule has 0 unspecified atom stereocenters. The maximum absolute atomic E-state index is 14.3. The minimum Gasteiger partial charge on any atom is -0.454 e. The van der Waals surface area contributed by atoms with Gasteiger partial charge in [-0.2, -0.15) is 4.31 Å². The van der Waals surface area contributed by atoms with Crippen molar-refractivity contribution in [3.05, 3.63) is 65.3 Å². The van der Waals surface area contributed by atoms with Crippen molar-refractivity contribution >= 4 is 21.8 Å². The fourth-order valence-electron chi connectivity index (χ4n) is 3.54. The van der Waals surface area contributed by atoms with Gasteiger partial charge in [0, 0.05) is 36.6 Å². The van der Waals surface area contributed by atoms with E-state index in [0.717, 1.165) is 23.9 Å². The van der Waals surface area contributed by atoms with Crippen molar-refractivity contribution in [2.75, 3.05) is 32.9 Å². The second-order valence-electron chi connectivity index (χ2n) is 7.34. The number of hydrogen-bond donors (Lipinski definition) is 0. The number of morpholine rings is 1. The van der Waals surface area contributed by atoms with E-state index >= 15 is 0 Å². The Kier molecular flexibility index (Phi) is 7.27. The van der Waals surface area contributed by atoms with Crippen LogP contribution in [0.5, 0.6) is 0 Å². The number of benzene rings is 1. The zero-order chi connectivity index (χ0) is 23.5. The second kappa shape index (κ2) is 9.76. The first-order valence-electron chi connectivity index (χ1n) is 10.0. The molecular formula is C22H25FN2O6S. The number of halogens is 1. The number of carbonyl (C=O) groups is 2. The zero-order valence-electron chi connectivity index (χ0n) is 18.0. The van der Waals surface area contributed by atoms with E-state index in [1.165, 1.54) is 4.31 Å². The summed E-state index contributed by atoms with van der Waals surface area (Å²) in [6.45, 7) is 8.06. The van der Waals surface area contributed by atoms with E-state index in [4.69, 9.17) is 9.47 Å². The number of rotatable bonds is 8. The number of ether oxygens (including phenoxy) is 2. The second-order valence-corrected chi connectivity index (χ2v) is 9.28. The molecule has 1 aromatic heterocycles. The zero-order valence-corrected chi connectivity index (χ0v) is 18.8. The van der Waals surface area contributed by atoms with Crippen LogP contribution in [0, 0.1) is 19.7 Å². The number of esters is 1. The summed E-state index contributed by atoms with van der Waals surface area (Å²) in [5.41, 5.74) is 1.39. The quantitative estimate of drug-likeness (QED) is 0.338. The highest BCUT2D eigenvalue weighted by Crippen LogP contribution is 2.21. The molecular weight excluding hydrogens is 439 g/mol. The molecule has 10 heteroatoms. The monoisotopic (exact) mass is 464 g/mol. The normalized spacial score (nSPS) is 14.8. The van der Waals surface area contributed by atoms with Crippen LogP contribution in [0.15, 0.2) is 41.8 Å². The first kappa shape index (κ1) is 23.8. The van der Waals surface area contributed by atoms with Crippen LogP contribution in [-0.2, 0) is 26.0 Å². The molecule has 0 bridgehead atoms. The van der Waals surface area contributed by atoms with Gasteiger partial charge >= 0.3 is 5.97 Å². The lowest BCUT2D eigenvalue weighted by atomic mass is 10.1. The summed E-state index contributed by atoms with van der Waals surface area (Å²) in [5, 5.41) is 0. The molecule has 1 fully saturated rings. The summed E-state index contributed by atoms with van der Waals surface area (Å²) < 4.78 is 53.1. The van der Waals surface area contributed by atoms with Crippen LogP contribution in [-0.4, -0.2) is 62.0 Å². The third-order valence-electron chi connectivity index (χ3n) is 5.29. The molecule has 32 heavy (non-hydrogen) atoms. The summed E-state index contributed by atoms with van der Waals surface area (Å²) in [5.74, 6) is -2.50. The van der Waals surface area contributed by atoms with E-state index in [0.29, 0.717) is 17.8 Å². The summed E-state index contributed by atoms with van der Waals surface area (Å²) in [6, 6.07) is 4.61. The molecule has 0 amide bonds. The van der Waals surface area contributed by atoms with Crippen molar-refractivity contribution in [3.63, 3.8) is 0 Å². The van der Waals surface area contributed by atoms with Gasteiger partial charge in [-0.3, -0.25) is 4.79 Å². The molecule has 0 radical (unpaired) electrons. The van der Waals surface area contributed by atoms with E-state index in [-0.39, 0.29) is 31.2 Å². The Morgan fingerprint density at radius 1 is 1.19 bits per heavy atom. The van der Waals surface area contributed by atoms with Gasteiger partial charge in [0.2, 0.25) is 15.8 Å². The number of nitrogens with zero attached hydrogens (tertiary/aromatic N) is 2. The number of hydrogen-bond acceptors (Lipinski definition) is 6. The molecule has 0 spiro atoms. The predicted molar refractivity (Wildman–Crippen MR) is 115 cm³/mol. The van der Waals surface area contributed by atoms with Gasteiger partial charge in [0.25, 0.3) is 0 Å². The van der Waals surface area contributed by atoms with Crippen LogP contribution in [0.25, 0.3) is 0 Å². The highest BCUT2D eigenvalue weighted by Gasteiger charge is 2.28. The van der Waals surface area contributed by atoms with Gasteiger partial charge in [-0.25, -0.2) is 17.6 Å². The SMILES string of the molecule is C=CCn1c(C)cc(C(=O)COC(=O)c2cc(S(=O)(=O)N3CCOCC3)ccc2F)c1C. The van der Waals surface area contributed by atoms with Crippen LogP contribution >= 0.6 is 0 Å². The van der Waals surface area contributed by atoms with Gasteiger partial charge in [-0.15, -0.1) is 6.58 Å². The summed E-state index contributed by atoms with van der Waals surface area (Å²) >= 11 is 0. The predicted octanol–water partition coefficient (Wildman–Crippen LogP) is 2.49. The van der Waals surface area contributed by atoms with E-state index < -0.39 is 39.8 Å². The fraction of sp³-hybridized carbons (Fsp3) is 0.364. The summed E-state index contributed by atoms with van der Waals surface area (Å²) in [7, 11) is -3.92. The first-order chi connectivity index (χ1) is 15.2. The largest absolute Gasteiger partial charge is 0.454 e. The van der Waals surface area contributed by atoms with Gasteiger partial charge in [0.05, 0.1) is 23.7 Å². The average Bonchev–Trinajstić information content (AvgIpc) is 3.06. The lowest BCUT2D eigenvalue weighted by molar-refractivity contribution is 0.0469. The molecule has 3 rings (SSSR count). The molecule has 0 N–H and O–H groups in total. The van der Waals surface area contributed by atoms with Crippen LogP contribution in [0.3, 0.4) is 0 Å². The minimum atomic E-state index is -3.92. The van der Waals surface area contributed by atoms with Crippen molar-refractivity contribution in [1.82, 2.24) is 8.87 Å². The first-order valence-corrected chi connectivity index (χ1v) is 11.5. The van der Waals surface area contributed by atoms with E-state index in [2.05, 4.69) is 6.58 Å². The molecule has 1 aliphatic heterocycles. The van der Waals surface area contributed by atoms with Crippen molar-refractivity contribution in [3.8, 4) is 0 Å². The third kappa shape index (κ3) is 4.82. The Morgan fingerprint density at radius 2 is 1.88 bits per heavy atom. The molecule has 1 aliphatic rings. The van der Waals surface area contributed by atoms with Crippen LogP contribution in [0.1, 0.15) is 32.1 Å². The Hall–Kier alpha value is -2.82. The Morgan fingerprint density at radius 3 is 2.53 bits per heavy atom. The topological polar surface area (TPSA) is 94.9 Å². The maximum Gasteiger partial charge on any atom is 0.341 e. The van der Waals surface area contributed by atoms with Crippen molar-refractivity contribution < 1.29 is 31.9 Å². The number of allylic oxidation sites excluding steroid dienone is 1. The highest BCUT2D eigenvalue weighted by atomic mass is 32.2. The number of sulfonamides is 1. The van der Waals surface area contributed by atoms with Crippen LogP contribution < -0.4 is 0 Å². The number of carbonyl (C=O) groups excluding carboxylic acids is 2. The smallest absolute Gasteiger partial charge is 0.341 e. The molecule has 2 heterocycles. The molecule has 0 atom stereocenters. The fourth-order valence-corrected chi connectivity index (χ4v) is 4.97. The number of ketones is 1. The molecule has 172 valence electrons. The van der Waals surface area contributed by atoms with Crippen molar-refractivity contribution in [1.29, 1.82) is 0 Å². The molecule has 2 aromatic rings. The van der Waals surface area contributed by atoms with Crippen molar-refractivity contribution in [2.24, 2.45) is 0 Å². The standard InChI is InChI=1S/C22H25FN2O6S/c1-4-7-25-15(2)12-18(16(25)3)21(26)14-31-22(27)19-13-17(5-6-20(19)23)32(28,29)24-8-10-30-11-9-24/h4-6,12-13H,1,7-11,14H2,2-3H3. The van der Waals surface area contributed by atoms with Crippen LogP contribution in [0.4, 0.5) is 4.39 Å². The van der Waals surface area contributed by atoms with Crippen molar-refractivity contribution in [2.45, 2.75) is 25.3 Å². The van der Waals surface area contributed by atoms with E-state index in [1.54, 1.807) is 19.1 Å². The lowest BCUT2D eigenvalue weighted by Gasteiger charge is -2.26. The van der Waals surface area contributed by atoms with Gasteiger partial charge < -0.3 is 14.0 Å². The van der Waals surface area contributed by atoms with Gasteiger partial charge in [-0.05, 0) is 38.1 Å². The van der Waals surface area contributed by atoms with Crippen LogP contribution in [0.2, 0.25) is 0 Å². The molecule has 8 nitrogen and oxygen atoms in total.